The van der Waals surface area contributed by atoms with Crippen molar-refractivity contribution >= 4 is 5.97 Å². The maximum atomic E-state index is 11.2. The summed E-state index contributed by atoms with van der Waals surface area (Å²) in [5.41, 5.74) is 2.72. The van der Waals surface area contributed by atoms with Gasteiger partial charge in [0.05, 0.1) is 28.4 Å². The van der Waals surface area contributed by atoms with Crippen molar-refractivity contribution in [2.24, 2.45) is 0 Å². The Bertz CT molecular complexity index is 986. The first-order chi connectivity index (χ1) is 11.7. The topological polar surface area (TPSA) is 78.9 Å². The number of rotatable bonds is 2. The lowest BCUT2D eigenvalue weighted by molar-refractivity contribution is 0.0697. The molecular weight excluding hydrogens is 302 g/mol. The van der Waals surface area contributed by atoms with Crippen LogP contribution in [-0.2, 0) is 0 Å². The zero-order valence-electron chi connectivity index (χ0n) is 12.5. The molecule has 0 aliphatic heterocycles. The first kappa shape index (κ1) is 15.1. The van der Waals surface area contributed by atoms with Gasteiger partial charge in [-0.15, -0.1) is 0 Å². The van der Waals surface area contributed by atoms with E-state index in [0.29, 0.717) is 16.8 Å². The van der Waals surface area contributed by atoms with Crippen LogP contribution in [0.15, 0.2) is 60.9 Å². The van der Waals surface area contributed by atoms with Gasteiger partial charge in [-0.2, -0.15) is 10.4 Å². The number of carboxylic acids is 1. The molecule has 2 aromatic carbocycles. The predicted octanol–water partition coefficient (Wildman–Crippen LogP) is 2.84. The van der Waals surface area contributed by atoms with Crippen molar-refractivity contribution in [3.05, 3.63) is 83.2 Å². The molecule has 0 amide bonds. The monoisotopic (exact) mass is 313 g/mol. The van der Waals surface area contributed by atoms with Gasteiger partial charge in [0.15, 0.2) is 0 Å². The van der Waals surface area contributed by atoms with E-state index < -0.39 is 5.97 Å². The van der Waals surface area contributed by atoms with Gasteiger partial charge >= 0.3 is 5.97 Å². The summed E-state index contributed by atoms with van der Waals surface area (Å²) in [5.74, 6) is 4.97. The van der Waals surface area contributed by atoms with Gasteiger partial charge in [0.25, 0.3) is 0 Å². The molecule has 24 heavy (non-hydrogen) atoms. The van der Waals surface area contributed by atoms with Crippen molar-refractivity contribution < 1.29 is 9.90 Å². The number of hydrogen-bond donors (Lipinski definition) is 1. The van der Waals surface area contributed by atoms with Gasteiger partial charge in [0.1, 0.15) is 0 Å². The summed E-state index contributed by atoms with van der Waals surface area (Å²) in [6.07, 6.45) is 3.41. The summed E-state index contributed by atoms with van der Waals surface area (Å²) in [4.78, 5) is 11.2. The molecule has 3 aromatic rings. The second kappa shape index (κ2) is 6.51. The molecule has 0 spiro atoms. The molecule has 0 bridgehead atoms. The summed E-state index contributed by atoms with van der Waals surface area (Å²) in [7, 11) is 0. The highest BCUT2D eigenvalue weighted by Gasteiger charge is 2.08. The smallest absolute Gasteiger partial charge is 0.335 e. The number of aromatic carboxylic acids is 1. The van der Waals surface area contributed by atoms with Gasteiger partial charge in [-0.3, -0.25) is 0 Å². The zero-order valence-corrected chi connectivity index (χ0v) is 12.5. The van der Waals surface area contributed by atoms with Crippen LogP contribution in [0, 0.1) is 23.2 Å². The molecule has 0 radical (unpaired) electrons. The minimum Gasteiger partial charge on any atom is -0.478 e. The molecule has 0 atom stereocenters. The average molecular weight is 313 g/mol. The van der Waals surface area contributed by atoms with Crippen LogP contribution in [0.25, 0.3) is 5.69 Å². The summed E-state index contributed by atoms with van der Waals surface area (Å²) in [6, 6.07) is 15.4. The van der Waals surface area contributed by atoms with Crippen LogP contribution < -0.4 is 0 Å². The van der Waals surface area contributed by atoms with Crippen LogP contribution in [-0.4, -0.2) is 20.9 Å². The van der Waals surface area contributed by atoms with Crippen LogP contribution in [0.4, 0.5) is 0 Å². The van der Waals surface area contributed by atoms with Crippen LogP contribution in [0.1, 0.15) is 27.0 Å². The van der Waals surface area contributed by atoms with Crippen molar-refractivity contribution in [3.8, 4) is 23.6 Å². The molecule has 0 fully saturated rings. The van der Waals surface area contributed by atoms with Gasteiger partial charge in [-0.05, 0) is 48.5 Å². The maximum absolute atomic E-state index is 11.2. The van der Waals surface area contributed by atoms with E-state index in [0.717, 1.165) is 5.56 Å². The number of nitriles is 1. The fraction of sp³-hybridized carbons (Fsp3) is 0. The van der Waals surface area contributed by atoms with E-state index in [1.54, 1.807) is 53.5 Å². The molecule has 0 aliphatic carbocycles. The highest BCUT2D eigenvalue weighted by molar-refractivity contribution is 5.88. The maximum Gasteiger partial charge on any atom is 0.335 e. The Kier molecular flexibility index (Phi) is 4.09. The fourth-order valence-electron chi connectivity index (χ4n) is 2.15. The lowest BCUT2D eigenvalue weighted by Crippen LogP contribution is -2.02. The second-order valence-corrected chi connectivity index (χ2v) is 4.93. The molecular formula is C19H11N3O2. The quantitative estimate of drug-likeness (QED) is 0.738. The van der Waals surface area contributed by atoms with E-state index in [1.807, 2.05) is 0 Å². The third kappa shape index (κ3) is 3.16. The van der Waals surface area contributed by atoms with Gasteiger partial charge in [0, 0.05) is 18.0 Å². The van der Waals surface area contributed by atoms with Crippen molar-refractivity contribution in [1.82, 2.24) is 9.78 Å². The molecule has 0 saturated heterocycles. The number of carbonyl (C=O) groups is 1. The van der Waals surface area contributed by atoms with E-state index >= 15 is 0 Å². The predicted molar refractivity (Wildman–Crippen MR) is 87.7 cm³/mol. The van der Waals surface area contributed by atoms with Gasteiger partial charge in [0.2, 0.25) is 0 Å². The lowest BCUT2D eigenvalue weighted by atomic mass is 10.1. The van der Waals surface area contributed by atoms with Crippen LogP contribution in [0.3, 0.4) is 0 Å². The Labute approximate surface area is 138 Å². The molecule has 1 N–H and O–H groups in total. The molecule has 1 heterocycles. The molecule has 5 nitrogen and oxygen atoms in total. The molecule has 0 unspecified atom stereocenters. The Hall–Kier alpha value is -3.83. The van der Waals surface area contributed by atoms with Crippen molar-refractivity contribution in [1.29, 1.82) is 5.26 Å². The normalized spacial score (nSPS) is 9.62. The van der Waals surface area contributed by atoms with E-state index in [-0.39, 0.29) is 5.56 Å². The van der Waals surface area contributed by atoms with E-state index in [9.17, 15) is 9.90 Å². The van der Waals surface area contributed by atoms with Gasteiger partial charge < -0.3 is 5.11 Å². The summed E-state index contributed by atoms with van der Waals surface area (Å²) in [6.45, 7) is 0. The summed E-state index contributed by atoms with van der Waals surface area (Å²) < 4.78 is 1.63. The van der Waals surface area contributed by atoms with Gasteiger partial charge in [-0.1, -0.05) is 11.8 Å². The van der Waals surface area contributed by atoms with E-state index in [1.165, 1.54) is 12.1 Å². The van der Waals surface area contributed by atoms with Crippen LogP contribution in [0.2, 0.25) is 0 Å². The van der Waals surface area contributed by atoms with E-state index in [4.69, 9.17) is 5.26 Å². The fourth-order valence-corrected chi connectivity index (χ4v) is 2.15. The van der Waals surface area contributed by atoms with E-state index in [2.05, 4.69) is 23.0 Å². The lowest BCUT2D eigenvalue weighted by Gasteiger charge is -2.06. The molecule has 3 rings (SSSR count). The molecule has 5 heteroatoms. The van der Waals surface area contributed by atoms with Crippen LogP contribution in [0.5, 0.6) is 0 Å². The largest absolute Gasteiger partial charge is 0.478 e. The summed E-state index contributed by atoms with van der Waals surface area (Å²) in [5, 5.41) is 22.1. The Morgan fingerprint density at radius 3 is 2.46 bits per heavy atom. The van der Waals surface area contributed by atoms with Crippen LogP contribution >= 0.6 is 0 Å². The first-order valence-corrected chi connectivity index (χ1v) is 7.07. The number of aromatic nitrogens is 2. The van der Waals surface area contributed by atoms with Crippen molar-refractivity contribution in [3.63, 3.8) is 0 Å². The molecule has 114 valence electrons. The molecule has 1 aromatic heterocycles. The highest BCUT2D eigenvalue weighted by Crippen LogP contribution is 2.16. The second-order valence-electron chi connectivity index (χ2n) is 4.93. The SMILES string of the molecule is N#Cc1ccc(C#Cc2cc(C(=O)O)ccc2-n2cccn2)cc1. The molecule has 0 saturated carbocycles. The minimum atomic E-state index is -1.01. The number of hydrogen-bond acceptors (Lipinski definition) is 3. The summed E-state index contributed by atoms with van der Waals surface area (Å²) >= 11 is 0. The van der Waals surface area contributed by atoms with Gasteiger partial charge in [-0.25, -0.2) is 9.48 Å². The number of carboxylic acid groups (broad SMARTS) is 1. The zero-order chi connectivity index (χ0) is 16.9. The van der Waals surface area contributed by atoms with Crippen molar-refractivity contribution in [2.75, 3.05) is 0 Å². The number of benzene rings is 2. The minimum absolute atomic E-state index is 0.162. The Balaban J connectivity index is 2.05. The number of nitrogens with zero attached hydrogens (tertiary/aromatic N) is 3. The standard InChI is InChI=1S/C19H11N3O2/c20-13-15-4-2-14(3-5-15)6-7-16-12-17(19(23)24)8-9-18(16)22-11-1-10-21-22/h1-5,8-12H,(H,23,24). The highest BCUT2D eigenvalue weighted by atomic mass is 16.4. The Morgan fingerprint density at radius 1 is 1.08 bits per heavy atom. The first-order valence-electron chi connectivity index (χ1n) is 7.07. The van der Waals surface area contributed by atoms with Crippen molar-refractivity contribution in [2.45, 2.75) is 0 Å². The third-order valence-corrected chi connectivity index (χ3v) is 3.35. The molecule has 0 aliphatic rings. The third-order valence-electron chi connectivity index (χ3n) is 3.35. The Morgan fingerprint density at radius 2 is 1.83 bits per heavy atom. The average Bonchev–Trinajstić information content (AvgIpc) is 3.14.